The molecule has 0 radical (unpaired) electrons. The molecule has 0 bridgehead atoms. The molecule has 0 aliphatic rings. The average molecular weight is 433 g/mol. The second-order valence-electron chi connectivity index (χ2n) is 6.28. The van der Waals surface area contributed by atoms with Crippen molar-refractivity contribution in [3.8, 4) is 11.8 Å². The van der Waals surface area contributed by atoms with Crippen molar-refractivity contribution in [2.24, 2.45) is 0 Å². The average Bonchev–Trinajstić information content (AvgIpc) is 2.74. The van der Waals surface area contributed by atoms with Crippen molar-refractivity contribution < 1.29 is 21.6 Å². The van der Waals surface area contributed by atoms with Crippen LogP contribution in [-0.4, -0.2) is 34.6 Å². The molecule has 2 rings (SSSR count). The highest BCUT2D eigenvalue weighted by Crippen LogP contribution is 2.41. The summed E-state index contributed by atoms with van der Waals surface area (Å²) in [5, 5.41) is 0. The zero-order chi connectivity index (χ0) is 21.4. The van der Waals surface area contributed by atoms with Gasteiger partial charge in [-0.2, -0.15) is 0 Å². The molecule has 0 fully saturated rings. The van der Waals surface area contributed by atoms with Crippen molar-refractivity contribution >= 4 is 19.7 Å². The highest BCUT2D eigenvalue weighted by atomic mass is 32.3. The maximum Gasteiger partial charge on any atom is 0.200 e. The Hall–Kier alpha value is -2.40. The third-order valence-electron chi connectivity index (χ3n) is 4.48. The predicted octanol–water partition coefficient (Wildman–Crippen LogP) is 3.64. The van der Waals surface area contributed by atoms with Gasteiger partial charge in [0.15, 0.2) is 23.8 Å². The standard InChI is InChI=1S/C22H24O5S2/c1-3-4-17-22(18-11-12-19-27-2,28(23,24)20-13-7-5-8-14-20)29(25,26)21-15-9-6-10-16-21/h5-16H,17-19H2,1-2H3/b12-11-. The maximum absolute atomic E-state index is 13.7. The van der Waals surface area contributed by atoms with Crippen LogP contribution in [0.25, 0.3) is 0 Å². The van der Waals surface area contributed by atoms with Crippen LogP contribution in [0, 0.1) is 11.8 Å². The van der Waals surface area contributed by atoms with E-state index in [1.807, 2.05) is 0 Å². The summed E-state index contributed by atoms with van der Waals surface area (Å²) in [6.45, 7) is 1.79. The van der Waals surface area contributed by atoms with Gasteiger partial charge in [0.2, 0.25) is 0 Å². The monoisotopic (exact) mass is 432 g/mol. The van der Waals surface area contributed by atoms with Gasteiger partial charge in [0.25, 0.3) is 0 Å². The second-order valence-corrected chi connectivity index (χ2v) is 11.1. The Morgan fingerprint density at radius 2 is 1.34 bits per heavy atom. The molecule has 154 valence electrons. The van der Waals surface area contributed by atoms with Gasteiger partial charge in [-0.25, -0.2) is 16.8 Å². The Kier molecular flexibility index (Phi) is 7.80. The number of hydrogen-bond donors (Lipinski definition) is 0. The van der Waals surface area contributed by atoms with Crippen LogP contribution in [0.5, 0.6) is 0 Å². The summed E-state index contributed by atoms with van der Waals surface area (Å²) in [6, 6.07) is 15.3. The molecule has 0 heterocycles. The molecule has 0 amide bonds. The number of sulfone groups is 2. The van der Waals surface area contributed by atoms with Gasteiger partial charge < -0.3 is 4.74 Å². The Balaban J connectivity index is 2.81. The minimum atomic E-state index is -4.31. The van der Waals surface area contributed by atoms with E-state index >= 15 is 0 Å². The van der Waals surface area contributed by atoms with E-state index in [4.69, 9.17) is 4.74 Å². The van der Waals surface area contributed by atoms with Crippen molar-refractivity contribution in [2.75, 3.05) is 13.7 Å². The lowest BCUT2D eigenvalue weighted by Crippen LogP contribution is -2.46. The topological polar surface area (TPSA) is 77.5 Å². The third-order valence-corrected chi connectivity index (χ3v) is 10.2. The Morgan fingerprint density at radius 1 is 0.862 bits per heavy atom. The first-order valence-electron chi connectivity index (χ1n) is 8.96. The van der Waals surface area contributed by atoms with Gasteiger partial charge in [-0.3, -0.25) is 0 Å². The SMILES string of the molecule is CC#CCC(C/C=C\COC)(S(=O)(=O)c1ccccc1)S(=O)(=O)c1ccccc1. The molecular formula is C22H24O5S2. The largest absolute Gasteiger partial charge is 0.381 e. The zero-order valence-electron chi connectivity index (χ0n) is 16.4. The molecule has 0 aliphatic carbocycles. The predicted molar refractivity (Wildman–Crippen MR) is 114 cm³/mol. The van der Waals surface area contributed by atoms with Crippen LogP contribution in [0.1, 0.15) is 19.8 Å². The Labute approximate surface area is 173 Å². The fourth-order valence-electron chi connectivity index (χ4n) is 2.91. The number of rotatable bonds is 9. The normalized spacial score (nSPS) is 12.5. The van der Waals surface area contributed by atoms with Crippen LogP contribution in [0.2, 0.25) is 0 Å². The quantitative estimate of drug-likeness (QED) is 0.447. The molecule has 29 heavy (non-hydrogen) atoms. The molecule has 0 unspecified atom stereocenters. The van der Waals surface area contributed by atoms with E-state index in [9.17, 15) is 16.8 Å². The van der Waals surface area contributed by atoms with E-state index in [2.05, 4.69) is 11.8 Å². The molecule has 0 aromatic heterocycles. The van der Waals surface area contributed by atoms with E-state index in [-0.39, 0.29) is 29.2 Å². The summed E-state index contributed by atoms with van der Waals surface area (Å²) in [4.78, 5) is -0.116. The Bertz CT molecular complexity index is 1020. The van der Waals surface area contributed by atoms with Crippen LogP contribution in [0.4, 0.5) is 0 Å². The van der Waals surface area contributed by atoms with Gasteiger partial charge in [0.05, 0.1) is 16.4 Å². The van der Waals surface area contributed by atoms with E-state index in [0.717, 1.165) is 0 Å². The zero-order valence-corrected chi connectivity index (χ0v) is 18.0. The van der Waals surface area contributed by atoms with Gasteiger partial charge in [0, 0.05) is 20.0 Å². The fourth-order valence-corrected chi connectivity index (χ4v) is 7.68. The summed E-state index contributed by atoms with van der Waals surface area (Å²) in [5.41, 5.74) is 0. The van der Waals surface area contributed by atoms with Crippen LogP contribution >= 0.6 is 0 Å². The molecule has 7 heteroatoms. The lowest BCUT2D eigenvalue weighted by Gasteiger charge is -2.31. The van der Waals surface area contributed by atoms with Crippen molar-refractivity contribution in [3.63, 3.8) is 0 Å². The minimum absolute atomic E-state index is 0.0578. The highest BCUT2D eigenvalue weighted by Gasteiger charge is 2.55. The lowest BCUT2D eigenvalue weighted by molar-refractivity contribution is 0.233. The lowest BCUT2D eigenvalue weighted by atomic mass is 10.2. The summed E-state index contributed by atoms with van der Waals surface area (Å²) in [7, 11) is -7.12. The highest BCUT2D eigenvalue weighted by molar-refractivity contribution is 8.10. The molecule has 0 saturated heterocycles. The molecule has 0 atom stereocenters. The molecule has 2 aromatic rings. The van der Waals surface area contributed by atoms with E-state index < -0.39 is 23.8 Å². The molecule has 0 spiro atoms. The van der Waals surface area contributed by atoms with Gasteiger partial charge in [-0.1, -0.05) is 48.6 Å². The number of benzene rings is 2. The van der Waals surface area contributed by atoms with E-state index in [1.54, 1.807) is 49.4 Å². The van der Waals surface area contributed by atoms with Crippen molar-refractivity contribution in [2.45, 2.75) is 33.6 Å². The van der Waals surface area contributed by atoms with Crippen molar-refractivity contribution in [1.29, 1.82) is 0 Å². The van der Waals surface area contributed by atoms with Gasteiger partial charge in [-0.15, -0.1) is 11.8 Å². The minimum Gasteiger partial charge on any atom is -0.381 e. The summed E-state index contributed by atoms with van der Waals surface area (Å²) in [6.07, 6.45) is 2.53. The van der Waals surface area contributed by atoms with Gasteiger partial charge in [0.1, 0.15) is 0 Å². The van der Waals surface area contributed by atoms with Gasteiger partial charge in [-0.05, 0) is 31.2 Å². The van der Waals surface area contributed by atoms with E-state index in [0.29, 0.717) is 0 Å². The number of hydrogen-bond acceptors (Lipinski definition) is 5. The molecule has 5 nitrogen and oxygen atoms in total. The van der Waals surface area contributed by atoms with Crippen LogP contribution in [0.15, 0.2) is 82.6 Å². The molecule has 2 aromatic carbocycles. The second kappa shape index (κ2) is 9.88. The number of ether oxygens (including phenoxy) is 1. The van der Waals surface area contributed by atoms with Crippen LogP contribution in [-0.2, 0) is 24.4 Å². The van der Waals surface area contributed by atoms with Crippen molar-refractivity contribution in [3.05, 3.63) is 72.8 Å². The molecule has 0 aliphatic heterocycles. The first kappa shape index (κ1) is 22.9. The smallest absolute Gasteiger partial charge is 0.200 e. The number of allylic oxidation sites excluding steroid dienone is 1. The molecule has 0 N–H and O–H groups in total. The van der Waals surface area contributed by atoms with Gasteiger partial charge >= 0.3 is 0 Å². The van der Waals surface area contributed by atoms with Crippen LogP contribution < -0.4 is 0 Å². The summed E-state index contributed by atoms with van der Waals surface area (Å²) < 4.78 is 57.7. The third kappa shape index (κ3) is 4.61. The van der Waals surface area contributed by atoms with Crippen LogP contribution in [0.3, 0.4) is 0 Å². The number of methoxy groups -OCH3 is 1. The first-order chi connectivity index (χ1) is 13.8. The molecular weight excluding hydrogens is 408 g/mol. The Morgan fingerprint density at radius 3 is 1.76 bits per heavy atom. The van der Waals surface area contributed by atoms with E-state index in [1.165, 1.54) is 37.5 Å². The first-order valence-corrected chi connectivity index (χ1v) is 11.9. The maximum atomic E-state index is 13.7. The fraction of sp³-hybridized carbons (Fsp3) is 0.273. The van der Waals surface area contributed by atoms with Crippen molar-refractivity contribution in [1.82, 2.24) is 0 Å². The molecule has 0 saturated carbocycles. The summed E-state index contributed by atoms with van der Waals surface area (Å²) in [5.74, 6) is 5.35. The summed E-state index contributed by atoms with van der Waals surface area (Å²) >= 11 is 0.